The number of imidazole rings is 1. The van der Waals surface area contributed by atoms with Crippen molar-refractivity contribution >= 4 is 0 Å². The summed E-state index contributed by atoms with van der Waals surface area (Å²) in [5.74, 6) is 1.81. The number of nitrogens with one attached hydrogen (secondary N) is 2. The highest BCUT2D eigenvalue weighted by molar-refractivity contribution is 5.36. The van der Waals surface area contributed by atoms with Crippen molar-refractivity contribution in [2.75, 3.05) is 6.54 Å². The van der Waals surface area contributed by atoms with Gasteiger partial charge in [0, 0.05) is 30.7 Å². The molecule has 7 heteroatoms. The number of nitrogens with zero attached hydrogens (tertiary/aromatic N) is 4. The summed E-state index contributed by atoms with van der Waals surface area (Å²) >= 11 is 0. The number of aromatic amines is 1. The molecule has 7 nitrogen and oxygen atoms in total. The number of ether oxygens (including phenoxy) is 1. The predicted octanol–water partition coefficient (Wildman–Crippen LogP) is 2.87. The predicted molar refractivity (Wildman–Crippen MR) is 97.9 cm³/mol. The summed E-state index contributed by atoms with van der Waals surface area (Å²) in [5, 5.41) is 10.4. The fraction of sp³-hybridized carbons (Fsp3) is 0.421. The fourth-order valence-corrected chi connectivity index (χ4v) is 3.43. The van der Waals surface area contributed by atoms with E-state index >= 15 is 0 Å². The molecule has 1 fully saturated rings. The standard InChI is InChI=1S/C19H24N6O/c1-13(15-3-5-16(6-4-15)25-10-9-20-14(25)2)21-11-17-7-8-18(26-17)19-22-12-23-24-19/h3-6,9-10,12-13,17-18,21H,7-8,11H2,1-2H3,(H,22,23,24)/t13?,17-,18+/m1/s1. The van der Waals surface area contributed by atoms with Gasteiger partial charge in [0.2, 0.25) is 0 Å². The summed E-state index contributed by atoms with van der Waals surface area (Å²) in [6, 6.07) is 8.86. The van der Waals surface area contributed by atoms with Crippen molar-refractivity contribution in [3.05, 3.63) is 60.2 Å². The number of rotatable bonds is 6. The Morgan fingerprint density at radius 2 is 2.12 bits per heavy atom. The quantitative estimate of drug-likeness (QED) is 0.713. The van der Waals surface area contributed by atoms with Crippen molar-refractivity contribution < 1.29 is 4.74 Å². The second-order valence-corrected chi connectivity index (χ2v) is 6.76. The van der Waals surface area contributed by atoms with Crippen LogP contribution in [0.1, 0.15) is 49.1 Å². The molecule has 0 amide bonds. The van der Waals surface area contributed by atoms with Crippen LogP contribution >= 0.6 is 0 Å². The Bertz CT molecular complexity index is 826. The van der Waals surface area contributed by atoms with Crippen LogP contribution in [0.5, 0.6) is 0 Å². The van der Waals surface area contributed by atoms with E-state index in [0.29, 0.717) is 0 Å². The molecule has 1 aliphatic rings. The fourth-order valence-electron chi connectivity index (χ4n) is 3.43. The zero-order valence-electron chi connectivity index (χ0n) is 15.1. The minimum atomic E-state index is 0.0392. The highest BCUT2D eigenvalue weighted by Crippen LogP contribution is 2.30. The van der Waals surface area contributed by atoms with Gasteiger partial charge in [-0.05, 0) is 44.4 Å². The first-order chi connectivity index (χ1) is 12.7. The molecule has 2 N–H and O–H groups in total. The van der Waals surface area contributed by atoms with Gasteiger partial charge in [-0.15, -0.1) is 0 Å². The van der Waals surface area contributed by atoms with Crippen LogP contribution in [0, 0.1) is 6.92 Å². The van der Waals surface area contributed by atoms with Crippen molar-refractivity contribution in [3.63, 3.8) is 0 Å². The number of H-pyrrole nitrogens is 1. The van der Waals surface area contributed by atoms with Crippen molar-refractivity contribution in [2.45, 2.75) is 44.9 Å². The Hall–Kier alpha value is -2.51. The molecule has 0 spiro atoms. The molecular weight excluding hydrogens is 328 g/mol. The lowest BCUT2D eigenvalue weighted by Crippen LogP contribution is -2.28. The molecule has 2 aromatic heterocycles. The maximum atomic E-state index is 6.07. The van der Waals surface area contributed by atoms with Gasteiger partial charge in [-0.3, -0.25) is 5.10 Å². The topological polar surface area (TPSA) is 80.7 Å². The number of aryl methyl sites for hydroxylation is 1. The summed E-state index contributed by atoms with van der Waals surface area (Å²) in [6.45, 7) is 5.01. The Kier molecular flexibility index (Phi) is 4.81. The number of benzene rings is 1. The molecule has 1 aromatic carbocycles. The molecule has 1 unspecified atom stereocenters. The van der Waals surface area contributed by atoms with Gasteiger partial charge < -0.3 is 14.6 Å². The third-order valence-corrected chi connectivity index (χ3v) is 4.99. The molecule has 3 aromatic rings. The zero-order valence-corrected chi connectivity index (χ0v) is 15.1. The highest BCUT2D eigenvalue weighted by atomic mass is 16.5. The normalized spacial score (nSPS) is 21.2. The van der Waals surface area contributed by atoms with Crippen LogP contribution in [-0.2, 0) is 4.74 Å². The molecule has 26 heavy (non-hydrogen) atoms. The maximum absolute atomic E-state index is 6.07. The Balaban J connectivity index is 1.31. The largest absolute Gasteiger partial charge is 0.366 e. The molecule has 1 aliphatic heterocycles. The second-order valence-electron chi connectivity index (χ2n) is 6.76. The molecule has 4 rings (SSSR count). The van der Waals surface area contributed by atoms with Crippen LogP contribution in [-0.4, -0.2) is 37.4 Å². The van der Waals surface area contributed by atoms with Crippen LogP contribution in [0.3, 0.4) is 0 Å². The van der Waals surface area contributed by atoms with E-state index in [2.05, 4.69) is 61.2 Å². The van der Waals surface area contributed by atoms with Gasteiger partial charge in [-0.25, -0.2) is 9.97 Å². The smallest absolute Gasteiger partial charge is 0.153 e. The average molecular weight is 352 g/mol. The highest BCUT2D eigenvalue weighted by Gasteiger charge is 2.28. The molecule has 3 heterocycles. The van der Waals surface area contributed by atoms with Crippen molar-refractivity contribution in [1.29, 1.82) is 0 Å². The van der Waals surface area contributed by atoms with E-state index < -0.39 is 0 Å². The maximum Gasteiger partial charge on any atom is 0.153 e. The van der Waals surface area contributed by atoms with E-state index in [4.69, 9.17) is 4.74 Å². The van der Waals surface area contributed by atoms with E-state index in [0.717, 1.165) is 36.7 Å². The summed E-state index contributed by atoms with van der Waals surface area (Å²) in [5.41, 5.74) is 2.39. The number of hydrogen-bond acceptors (Lipinski definition) is 5. The molecule has 0 saturated carbocycles. The molecule has 136 valence electrons. The molecule has 0 aliphatic carbocycles. The van der Waals surface area contributed by atoms with Crippen LogP contribution in [0.2, 0.25) is 0 Å². The van der Waals surface area contributed by atoms with E-state index in [1.54, 1.807) is 0 Å². The van der Waals surface area contributed by atoms with Crippen molar-refractivity contribution in [1.82, 2.24) is 30.0 Å². The van der Waals surface area contributed by atoms with Gasteiger partial charge in [0.05, 0.1) is 6.10 Å². The number of hydrogen-bond donors (Lipinski definition) is 2. The number of aromatic nitrogens is 5. The molecule has 0 bridgehead atoms. The van der Waals surface area contributed by atoms with E-state index in [9.17, 15) is 0 Å². The summed E-state index contributed by atoms with van der Waals surface area (Å²) < 4.78 is 8.15. The monoisotopic (exact) mass is 352 g/mol. The van der Waals surface area contributed by atoms with Gasteiger partial charge in [-0.2, -0.15) is 5.10 Å². The van der Waals surface area contributed by atoms with Crippen LogP contribution in [0.25, 0.3) is 5.69 Å². The zero-order chi connectivity index (χ0) is 17.9. The second kappa shape index (κ2) is 7.39. The van der Waals surface area contributed by atoms with Crippen molar-refractivity contribution in [2.24, 2.45) is 0 Å². The minimum Gasteiger partial charge on any atom is -0.366 e. The van der Waals surface area contributed by atoms with Gasteiger partial charge >= 0.3 is 0 Å². The Morgan fingerprint density at radius 3 is 2.81 bits per heavy atom. The molecular formula is C19H24N6O. The third-order valence-electron chi connectivity index (χ3n) is 4.99. The Labute approximate surface area is 152 Å². The summed E-state index contributed by atoms with van der Waals surface area (Å²) in [4.78, 5) is 8.47. The lowest BCUT2D eigenvalue weighted by molar-refractivity contribution is 0.0390. The minimum absolute atomic E-state index is 0.0392. The van der Waals surface area contributed by atoms with Crippen molar-refractivity contribution in [3.8, 4) is 5.69 Å². The van der Waals surface area contributed by atoms with E-state index in [1.807, 2.05) is 19.3 Å². The van der Waals surface area contributed by atoms with Gasteiger partial charge in [-0.1, -0.05) is 12.1 Å². The summed E-state index contributed by atoms with van der Waals surface area (Å²) in [7, 11) is 0. The first-order valence-corrected chi connectivity index (χ1v) is 9.05. The van der Waals surface area contributed by atoms with Crippen LogP contribution < -0.4 is 5.32 Å². The SMILES string of the molecule is Cc1nccn1-c1ccc(C(C)NC[C@H]2CC[C@@H](c3ncn[nH]3)O2)cc1. The van der Waals surface area contributed by atoms with Gasteiger partial charge in [0.15, 0.2) is 5.82 Å². The molecule has 3 atom stereocenters. The van der Waals surface area contributed by atoms with E-state index in [1.165, 1.54) is 11.9 Å². The first kappa shape index (κ1) is 16.9. The lowest BCUT2D eigenvalue weighted by Gasteiger charge is -2.18. The molecule has 0 radical (unpaired) electrons. The summed E-state index contributed by atoms with van der Waals surface area (Å²) in [6.07, 6.45) is 7.59. The van der Waals surface area contributed by atoms with Crippen LogP contribution in [0.15, 0.2) is 43.0 Å². The average Bonchev–Trinajstić information content (AvgIpc) is 3.41. The van der Waals surface area contributed by atoms with Gasteiger partial charge in [0.25, 0.3) is 0 Å². The van der Waals surface area contributed by atoms with E-state index in [-0.39, 0.29) is 18.2 Å². The Morgan fingerprint density at radius 1 is 1.27 bits per heavy atom. The third kappa shape index (κ3) is 3.54. The van der Waals surface area contributed by atoms with Gasteiger partial charge in [0.1, 0.15) is 18.3 Å². The first-order valence-electron chi connectivity index (χ1n) is 9.05. The molecule has 1 saturated heterocycles. The van der Waals surface area contributed by atoms with Crippen LogP contribution in [0.4, 0.5) is 0 Å². The lowest BCUT2D eigenvalue weighted by atomic mass is 10.1.